The Morgan fingerprint density at radius 3 is 2.24 bits per heavy atom. The third-order valence-corrected chi connectivity index (χ3v) is 6.50. The fourth-order valence-corrected chi connectivity index (χ4v) is 4.61. The van der Waals surface area contributed by atoms with Crippen molar-refractivity contribution in [2.75, 3.05) is 31.1 Å². The number of nitro benzene ring substituents is 1. The number of hydrogen-bond acceptors (Lipinski definition) is 5. The lowest BCUT2D eigenvalue weighted by Crippen LogP contribution is -2.48. The number of piperazine rings is 1. The topological polar surface area (TPSA) is 83.8 Å². The van der Waals surface area contributed by atoms with Crippen LogP contribution in [0.25, 0.3) is 0 Å². The van der Waals surface area contributed by atoms with Gasteiger partial charge in [-0.2, -0.15) is 4.31 Å². The normalized spacial score (nSPS) is 16.0. The number of hydrogen-bond donors (Lipinski definition) is 0. The summed E-state index contributed by atoms with van der Waals surface area (Å²) in [6, 6.07) is 13.2. The van der Waals surface area contributed by atoms with E-state index in [1.54, 1.807) is 42.5 Å². The number of anilines is 1. The summed E-state index contributed by atoms with van der Waals surface area (Å²) in [5.41, 5.74) is 0.513. The number of sulfonamides is 1. The molecule has 1 heterocycles. The molecule has 3 rings (SSSR count). The van der Waals surface area contributed by atoms with Gasteiger partial charge in [-0.1, -0.05) is 34.1 Å². The zero-order valence-electron chi connectivity index (χ0n) is 13.2. The third kappa shape index (κ3) is 3.68. The van der Waals surface area contributed by atoms with E-state index in [0.29, 0.717) is 23.2 Å². The maximum absolute atomic E-state index is 12.6. The van der Waals surface area contributed by atoms with Crippen molar-refractivity contribution < 1.29 is 13.3 Å². The van der Waals surface area contributed by atoms with Crippen molar-refractivity contribution in [2.45, 2.75) is 4.90 Å². The maximum atomic E-state index is 12.6. The summed E-state index contributed by atoms with van der Waals surface area (Å²) in [5.74, 6) is 0. The zero-order chi connectivity index (χ0) is 18.0. The Morgan fingerprint density at radius 2 is 1.64 bits per heavy atom. The summed E-state index contributed by atoms with van der Waals surface area (Å²) in [5, 5.41) is 11.3. The molecular weight excluding hydrogens is 410 g/mol. The van der Waals surface area contributed by atoms with Crippen LogP contribution < -0.4 is 4.90 Å². The second-order valence-electron chi connectivity index (χ2n) is 5.59. The summed E-state index contributed by atoms with van der Waals surface area (Å²) in [4.78, 5) is 13.0. The van der Waals surface area contributed by atoms with Gasteiger partial charge in [0, 0.05) is 36.7 Å². The van der Waals surface area contributed by atoms with Gasteiger partial charge in [-0.15, -0.1) is 0 Å². The van der Waals surface area contributed by atoms with Crippen LogP contribution in [0.3, 0.4) is 0 Å². The summed E-state index contributed by atoms with van der Waals surface area (Å²) >= 11 is 3.24. The monoisotopic (exact) mass is 425 g/mol. The van der Waals surface area contributed by atoms with Crippen LogP contribution in [0.15, 0.2) is 57.9 Å². The van der Waals surface area contributed by atoms with E-state index in [9.17, 15) is 18.5 Å². The number of benzene rings is 2. The van der Waals surface area contributed by atoms with Crippen LogP contribution >= 0.6 is 15.9 Å². The van der Waals surface area contributed by atoms with Gasteiger partial charge in [-0.3, -0.25) is 10.1 Å². The number of rotatable bonds is 4. The van der Waals surface area contributed by atoms with Crippen molar-refractivity contribution in [3.63, 3.8) is 0 Å². The summed E-state index contributed by atoms with van der Waals surface area (Å²) in [6.45, 7) is 1.36. The number of nitro groups is 1. The molecule has 0 atom stereocenters. The molecule has 9 heteroatoms. The van der Waals surface area contributed by atoms with E-state index in [1.807, 2.05) is 4.90 Å². The molecule has 0 saturated carbocycles. The Hall–Kier alpha value is -1.97. The van der Waals surface area contributed by atoms with Crippen molar-refractivity contribution in [1.82, 2.24) is 4.31 Å². The van der Waals surface area contributed by atoms with Crippen LogP contribution in [0, 0.1) is 10.1 Å². The lowest BCUT2D eigenvalue weighted by molar-refractivity contribution is -0.384. The highest BCUT2D eigenvalue weighted by Crippen LogP contribution is 2.32. The molecule has 0 spiro atoms. The van der Waals surface area contributed by atoms with E-state index in [2.05, 4.69) is 15.9 Å². The van der Waals surface area contributed by atoms with Gasteiger partial charge >= 0.3 is 0 Å². The molecule has 0 amide bonds. The molecule has 1 fully saturated rings. The second kappa shape index (κ2) is 7.11. The standard InChI is InChI=1S/C16H16BrN3O4S/c17-13-6-7-15(16(12-13)20(21)22)18-8-10-19(11-9-18)25(23,24)14-4-2-1-3-5-14/h1-7,12H,8-11H2. The molecular formula is C16H16BrN3O4S. The predicted octanol–water partition coefficient (Wildman–Crippen LogP) is 2.87. The van der Waals surface area contributed by atoms with Crippen LogP contribution in [0.1, 0.15) is 0 Å². The molecule has 0 unspecified atom stereocenters. The fourth-order valence-electron chi connectivity index (χ4n) is 2.82. The Balaban J connectivity index is 1.78. The lowest BCUT2D eigenvalue weighted by atomic mass is 10.2. The predicted molar refractivity (Wildman–Crippen MR) is 98.2 cm³/mol. The Bertz CT molecular complexity index is 882. The Labute approximate surface area is 154 Å². The maximum Gasteiger partial charge on any atom is 0.293 e. The smallest absolute Gasteiger partial charge is 0.293 e. The number of nitrogens with zero attached hydrogens (tertiary/aromatic N) is 3. The molecule has 2 aromatic carbocycles. The summed E-state index contributed by atoms with van der Waals surface area (Å²) in [7, 11) is -3.54. The van der Waals surface area contributed by atoms with Gasteiger partial charge in [0.15, 0.2) is 0 Å². The third-order valence-electron chi connectivity index (χ3n) is 4.09. The van der Waals surface area contributed by atoms with Crippen molar-refractivity contribution in [3.05, 3.63) is 63.1 Å². The molecule has 25 heavy (non-hydrogen) atoms. The fraction of sp³-hybridized carbons (Fsp3) is 0.250. The van der Waals surface area contributed by atoms with E-state index in [4.69, 9.17) is 0 Å². The first-order valence-electron chi connectivity index (χ1n) is 7.64. The molecule has 1 aliphatic rings. The van der Waals surface area contributed by atoms with Crippen LogP contribution in [0.2, 0.25) is 0 Å². The highest BCUT2D eigenvalue weighted by molar-refractivity contribution is 9.10. The van der Waals surface area contributed by atoms with Crippen molar-refractivity contribution >= 4 is 37.3 Å². The SMILES string of the molecule is O=[N+]([O-])c1cc(Br)ccc1N1CCN(S(=O)(=O)c2ccccc2)CC1. The molecule has 2 aromatic rings. The molecule has 0 aliphatic carbocycles. The Morgan fingerprint density at radius 1 is 1.00 bits per heavy atom. The molecule has 7 nitrogen and oxygen atoms in total. The quantitative estimate of drug-likeness (QED) is 0.555. The van der Waals surface area contributed by atoms with Gasteiger partial charge in [0.05, 0.1) is 9.82 Å². The number of halogens is 1. The average molecular weight is 426 g/mol. The van der Waals surface area contributed by atoms with Gasteiger partial charge in [0.1, 0.15) is 5.69 Å². The molecule has 1 aliphatic heterocycles. The van der Waals surface area contributed by atoms with Gasteiger partial charge in [0.2, 0.25) is 10.0 Å². The first kappa shape index (κ1) is 17.8. The minimum Gasteiger partial charge on any atom is -0.363 e. The van der Waals surface area contributed by atoms with Crippen molar-refractivity contribution in [1.29, 1.82) is 0 Å². The first-order chi connectivity index (χ1) is 11.9. The first-order valence-corrected chi connectivity index (χ1v) is 9.87. The summed E-state index contributed by atoms with van der Waals surface area (Å²) in [6.07, 6.45) is 0. The van der Waals surface area contributed by atoms with E-state index >= 15 is 0 Å². The molecule has 1 saturated heterocycles. The summed E-state index contributed by atoms with van der Waals surface area (Å²) < 4.78 is 27.3. The second-order valence-corrected chi connectivity index (χ2v) is 8.45. The van der Waals surface area contributed by atoms with E-state index in [1.165, 1.54) is 10.4 Å². The van der Waals surface area contributed by atoms with Gasteiger partial charge in [-0.05, 0) is 24.3 Å². The van der Waals surface area contributed by atoms with Crippen molar-refractivity contribution in [2.24, 2.45) is 0 Å². The van der Waals surface area contributed by atoms with Crippen LogP contribution in [0.4, 0.5) is 11.4 Å². The molecule has 0 aromatic heterocycles. The van der Waals surface area contributed by atoms with Gasteiger partial charge in [-0.25, -0.2) is 8.42 Å². The molecule has 132 valence electrons. The lowest BCUT2D eigenvalue weighted by Gasteiger charge is -2.35. The average Bonchev–Trinajstić information content (AvgIpc) is 2.62. The Kier molecular flexibility index (Phi) is 5.07. The van der Waals surface area contributed by atoms with E-state index in [-0.39, 0.29) is 23.7 Å². The van der Waals surface area contributed by atoms with Crippen LogP contribution in [0.5, 0.6) is 0 Å². The van der Waals surface area contributed by atoms with Gasteiger partial charge in [0.25, 0.3) is 5.69 Å². The molecule has 0 bridgehead atoms. The van der Waals surface area contributed by atoms with E-state index < -0.39 is 14.9 Å². The largest absolute Gasteiger partial charge is 0.363 e. The highest BCUT2D eigenvalue weighted by atomic mass is 79.9. The van der Waals surface area contributed by atoms with Crippen molar-refractivity contribution in [3.8, 4) is 0 Å². The van der Waals surface area contributed by atoms with Crippen LogP contribution in [-0.4, -0.2) is 43.8 Å². The highest BCUT2D eigenvalue weighted by Gasteiger charge is 2.30. The molecule has 0 N–H and O–H groups in total. The van der Waals surface area contributed by atoms with E-state index in [0.717, 1.165) is 0 Å². The van der Waals surface area contributed by atoms with Gasteiger partial charge < -0.3 is 4.90 Å². The zero-order valence-corrected chi connectivity index (χ0v) is 15.6. The van der Waals surface area contributed by atoms with Crippen LogP contribution in [-0.2, 0) is 10.0 Å². The minimum absolute atomic E-state index is 0.00809. The molecule has 0 radical (unpaired) electrons. The minimum atomic E-state index is -3.54.